The van der Waals surface area contributed by atoms with Crippen LogP contribution in [0, 0.1) is 0 Å². The van der Waals surface area contributed by atoms with Crippen molar-refractivity contribution in [1.82, 2.24) is 9.21 Å². The van der Waals surface area contributed by atoms with Crippen LogP contribution in [-0.4, -0.2) is 49.7 Å². The fourth-order valence-corrected chi connectivity index (χ4v) is 2.77. The van der Waals surface area contributed by atoms with Crippen molar-refractivity contribution in [3.8, 4) is 0 Å². The Kier molecular flexibility index (Phi) is 4.61. The second-order valence-electron chi connectivity index (χ2n) is 4.77. The number of hydrogen-bond donors (Lipinski definition) is 2. The Balaban J connectivity index is 1.93. The summed E-state index contributed by atoms with van der Waals surface area (Å²) in [7, 11) is -3.67. The third kappa shape index (κ3) is 4.28. The van der Waals surface area contributed by atoms with Crippen molar-refractivity contribution < 1.29 is 13.2 Å². The lowest BCUT2D eigenvalue weighted by Crippen LogP contribution is -2.51. The Hall–Kier alpha value is -1.90. The van der Waals surface area contributed by atoms with Crippen LogP contribution < -0.4 is 10.9 Å². The van der Waals surface area contributed by atoms with Gasteiger partial charge in [-0.2, -0.15) is 12.7 Å². The molecule has 1 amide bonds. The van der Waals surface area contributed by atoms with E-state index in [0.717, 1.165) is 5.56 Å². The van der Waals surface area contributed by atoms with Gasteiger partial charge in [-0.15, -0.1) is 0 Å². The Labute approximate surface area is 124 Å². The van der Waals surface area contributed by atoms with E-state index in [0.29, 0.717) is 18.8 Å². The first kappa shape index (κ1) is 15.5. The van der Waals surface area contributed by atoms with E-state index in [-0.39, 0.29) is 19.0 Å². The van der Waals surface area contributed by atoms with Crippen LogP contribution >= 0.6 is 0 Å². The molecule has 0 saturated carbocycles. The smallest absolute Gasteiger partial charge is 0.277 e. The molecule has 0 atom stereocenters. The number of anilines is 1. The highest BCUT2D eigenvalue weighted by molar-refractivity contribution is 7.86. The van der Waals surface area contributed by atoms with E-state index in [1.807, 2.05) is 12.1 Å². The normalized spacial score (nSPS) is 17.3. The summed E-state index contributed by atoms with van der Waals surface area (Å²) in [6.45, 7) is 1.10. The first-order valence-corrected chi connectivity index (χ1v) is 7.97. The van der Waals surface area contributed by atoms with Crippen LogP contribution in [0.15, 0.2) is 30.3 Å². The summed E-state index contributed by atoms with van der Waals surface area (Å²) in [5, 5.41) is 5.05. The van der Waals surface area contributed by atoms with Gasteiger partial charge in [0.05, 0.1) is 0 Å². The molecule has 0 bridgehead atoms. The third-order valence-electron chi connectivity index (χ3n) is 3.24. The minimum atomic E-state index is -3.67. The molecule has 1 saturated heterocycles. The van der Waals surface area contributed by atoms with Crippen molar-refractivity contribution in [1.29, 1.82) is 0 Å². The minimum Gasteiger partial charge on any atom is -0.399 e. The largest absolute Gasteiger partial charge is 0.399 e. The summed E-state index contributed by atoms with van der Waals surface area (Å²) in [6, 6.07) is 7.19. The summed E-state index contributed by atoms with van der Waals surface area (Å²) in [5.74, 6) is -0.161. The molecule has 0 aliphatic carbocycles. The Morgan fingerprint density at radius 1 is 1.19 bits per heavy atom. The maximum atomic E-state index is 12.0. The first-order valence-electron chi connectivity index (χ1n) is 6.46. The summed E-state index contributed by atoms with van der Waals surface area (Å²) in [4.78, 5) is 13.6. The molecule has 1 aliphatic heterocycles. The molecule has 1 aromatic carbocycles. The fraction of sp³-hybridized carbons (Fsp3) is 0.308. The van der Waals surface area contributed by atoms with Gasteiger partial charge in [-0.3, -0.25) is 4.79 Å². The highest BCUT2D eigenvalue weighted by atomic mass is 32.2. The molecule has 1 aromatic rings. The molecule has 1 fully saturated rings. The van der Waals surface area contributed by atoms with Gasteiger partial charge in [-0.05, 0) is 23.8 Å². The lowest BCUT2D eigenvalue weighted by molar-refractivity contribution is -0.127. The van der Waals surface area contributed by atoms with Gasteiger partial charge >= 0.3 is 0 Å². The molecule has 0 spiro atoms. The summed E-state index contributed by atoms with van der Waals surface area (Å²) < 4.78 is 23.5. The first-order chi connectivity index (χ1) is 9.86. The van der Waals surface area contributed by atoms with Crippen LogP contribution in [0.25, 0.3) is 6.08 Å². The molecule has 7 nitrogen and oxygen atoms in total. The number of nitrogens with two attached hydrogens (primary N) is 2. The van der Waals surface area contributed by atoms with Gasteiger partial charge in [0.1, 0.15) is 0 Å². The number of amides is 1. The summed E-state index contributed by atoms with van der Waals surface area (Å²) in [5.41, 5.74) is 7.13. The summed E-state index contributed by atoms with van der Waals surface area (Å²) in [6.07, 6.45) is 3.14. The molecule has 2 rings (SSSR count). The molecule has 8 heteroatoms. The fourth-order valence-electron chi connectivity index (χ4n) is 2.10. The number of hydrogen-bond acceptors (Lipinski definition) is 4. The predicted octanol–water partition coefficient (Wildman–Crippen LogP) is -0.370. The van der Waals surface area contributed by atoms with Crippen LogP contribution in [0.5, 0.6) is 0 Å². The van der Waals surface area contributed by atoms with Crippen LogP contribution in [0.4, 0.5) is 5.69 Å². The number of nitrogen functional groups attached to an aromatic ring is 1. The van der Waals surface area contributed by atoms with Crippen molar-refractivity contribution >= 4 is 27.9 Å². The molecule has 114 valence electrons. The van der Waals surface area contributed by atoms with E-state index in [1.54, 1.807) is 23.1 Å². The molecule has 4 N–H and O–H groups in total. The van der Waals surface area contributed by atoms with Gasteiger partial charge in [-0.25, -0.2) is 5.14 Å². The van der Waals surface area contributed by atoms with E-state index < -0.39 is 10.2 Å². The topological polar surface area (TPSA) is 110 Å². The number of benzene rings is 1. The van der Waals surface area contributed by atoms with Crippen molar-refractivity contribution in [2.24, 2.45) is 5.14 Å². The number of piperazine rings is 1. The molecule has 0 aromatic heterocycles. The number of rotatable bonds is 3. The molecular weight excluding hydrogens is 292 g/mol. The predicted molar refractivity (Wildman–Crippen MR) is 81.1 cm³/mol. The van der Waals surface area contributed by atoms with Crippen molar-refractivity contribution in [2.75, 3.05) is 31.9 Å². The van der Waals surface area contributed by atoms with Crippen LogP contribution in [0.3, 0.4) is 0 Å². The minimum absolute atomic E-state index is 0.161. The monoisotopic (exact) mass is 310 g/mol. The molecule has 0 unspecified atom stereocenters. The van der Waals surface area contributed by atoms with Gasteiger partial charge in [0.25, 0.3) is 10.2 Å². The zero-order valence-corrected chi connectivity index (χ0v) is 12.3. The van der Waals surface area contributed by atoms with E-state index in [4.69, 9.17) is 10.9 Å². The van der Waals surface area contributed by atoms with Crippen molar-refractivity contribution in [3.05, 3.63) is 35.9 Å². The van der Waals surface area contributed by atoms with Gasteiger partial charge in [0, 0.05) is 37.9 Å². The van der Waals surface area contributed by atoms with Crippen LogP contribution in [-0.2, 0) is 15.0 Å². The third-order valence-corrected chi connectivity index (χ3v) is 4.32. The van der Waals surface area contributed by atoms with Gasteiger partial charge < -0.3 is 10.6 Å². The van der Waals surface area contributed by atoms with Gasteiger partial charge in [0.15, 0.2) is 0 Å². The maximum absolute atomic E-state index is 12.0. The average molecular weight is 310 g/mol. The van der Waals surface area contributed by atoms with Gasteiger partial charge in [-0.1, -0.05) is 12.1 Å². The zero-order chi connectivity index (χ0) is 15.5. The standard InChI is InChI=1S/C13H18N4O3S/c14-12-3-1-2-11(10-12)4-5-13(18)16-6-8-17(9-7-16)21(15,19)20/h1-5,10H,6-9,14H2,(H2,15,19,20)/b5-4+. The zero-order valence-electron chi connectivity index (χ0n) is 11.5. The average Bonchev–Trinajstić information content (AvgIpc) is 2.44. The van der Waals surface area contributed by atoms with Crippen molar-refractivity contribution in [2.45, 2.75) is 0 Å². The van der Waals surface area contributed by atoms with Crippen molar-refractivity contribution in [3.63, 3.8) is 0 Å². The molecule has 0 radical (unpaired) electrons. The molecule has 21 heavy (non-hydrogen) atoms. The summed E-state index contributed by atoms with van der Waals surface area (Å²) >= 11 is 0. The maximum Gasteiger partial charge on any atom is 0.277 e. The number of carbonyl (C=O) groups is 1. The van der Waals surface area contributed by atoms with E-state index in [1.165, 1.54) is 10.4 Å². The molecule has 1 heterocycles. The quantitative estimate of drug-likeness (QED) is 0.586. The number of nitrogens with zero attached hydrogens (tertiary/aromatic N) is 2. The van der Waals surface area contributed by atoms with E-state index in [9.17, 15) is 13.2 Å². The Morgan fingerprint density at radius 3 is 2.43 bits per heavy atom. The van der Waals surface area contributed by atoms with Crippen LogP contribution in [0.2, 0.25) is 0 Å². The SMILES string of the molecule is Nc1cccc(/C=C/C(=O)N2CCN(S(N)(=O)=O)CC2)c1. The highest BCUT2D eigenvalue weighted by Gasteiger charge is 2.25. The van der Waals surface area contributed by atoms with E-state index in [2.05, 4.69) is 0 Å². The highest BCUT2D eigenvalue weighted by Crippen LogP contribution is 2.10. The Bertz CT molecular complexity index is 649. The van der Waals surface area contributed by atoms with E-state index >= 15 is 0 Å². The second-order valence-corrected chi connectivity index (χ2v) is 6.32. The molecular formula is C13H18N4O3S. The Morgan fingerprint density at radius 2 is 1.86 bits per heavy atom. The molecule has 1 aliphatic rings. The second kappa shape index (κ2) is 6.25. The lowest BCUT2D eigenvalue weighted by Gasteiger charge is -2.32. The number of carbonyl (C=O) groups excluding carboxylic acids is 1. The van der Waals surface area contributed by atoms with Gasteiger partial charge in [0.2, 0.25) is 5.91 Å². The lowest BCUT2D eigenvalue weighted by atomic mass is 10.2. The van der Waals surface area contributed by atoms with Crippen LogP contribution in [0.1, 0.15) is 5.56 Å².